The van der Waals surface area contributed by atoms with E-state index in [1.165, 1.54) is 12.1 Å². The van der Waals surface area contributed by atoms with Crippen LogP contribution in [-0.4, -0.2) is 16.5 Å². The molecular formula is C13H10F2N4O. The maximum absolute atomic E-state index is 13.6. The molecule has 20 heavy (non-hydrogen) atoms. The average Bonchev–Trinajstić information content (AvgIpc) is 2.43. The van der Waals surface area contributed by atoms with Crippen LogP contribution < -0.4 is 10.1 Å². The molecule has 0 saturated heterocycles. The summed E-state index contributed by atoms with van der Waals surface area (Å²) in [5, 5.41) is 11.7. The van der Waals surface area contributed by atoms with Gasteiger partial charge in [0.2, 0.25) is 11.8 Å². The lowest BCUT2D eigenvalue weighted by Gasteiger charge is -2.09. The highest BCUT2D eigenvalue weighted by atomic mass is 19.1. The molecule has 0 fully saturated rings. The third-order valence-electron chi connectivity index (χ3n) is 2.34. The standard InChI is InChI=1S/C13H10F2N4O/c1-2-17-13-18-7-10(15)12(19-13)20-11-5-3-4-9(14)8(11)6-16/h3-5,7H,2H2,1H3,(H,17,18,19). The zero-order chi connectivity index (χ0) is 14.5. The monoisotopic (exact) mass is 276 g/mol. The van der Waals surface area contributed by atoms with Gasteiger partial charge >= 0.3 is 0 Å². The number of halogens is 2. The SMILES string of the molecule is CCNc1ncc(F)c(Oc2cccc(F)c2C#N)n1. The highest BCUT2D eigenvalue weighted by Crippen LogP contribution is 2.27. The lowest BCUT2D eigenvalue weighted by Crippen LogP contribution is -2.04. The molecule has 1 aromatic heterocycles. The zero-order valence-corrected chi connectivity index (χ0v) is 10.5. The summed E-state index contributed by atoms with van der Waals surface area (Å²) < 4.78 is 32.2. The molecule has 0 spiro atoms. The molecule has 1 heterocycles. The van der Waals surface area contributed by atoms with Gasteiger partial charge in [-0.25, -0.2) is 9.37 Å². The first-order valence-corrected chi connectivity index (χ1v) is 5.78. The molecule has 0 aliphatic carbocycles. The van der Waals surface area contributed by atoms with Crippen LogP contribution in [0.4, 0.5) is 14.7 Å². The Bertz CT molecular complexity index is 670. The van der Waals surface area contributed by atoms with E-state index < -0.39 is 11.6 Å². The van der Waals surface area contributed by atoms with Crippen LogP contribution in [0, 0.1) is 23.0 Å². The number of benzene rings is 1. The van der Waals surface area contributed by atoms with Crippen molar-refractivity contribution in [2.75, 3.05) is 11.9 Å². The summed E-state index contributed by atoms with van der Waals surface area (Å²) in [4.78, 5) is 7.53. The molecular weight excluding hydrogens is 266 g/mol. The summed E-state index contributed by atoms with van der Waals surface area (Å²) in [5.74, 6) is -1.85. The average molecular weight is 276 g/mol. The zero-order valence-electron chi connectivity index (χ0n) is 10.5. The third kappa shape index (κ3) is 2.80. The van der Waals surface area contributed by atoms with Crippen molar-refractivity contribution in [2.45, 2.75) is 6.92 Å². The summed E-state index contributed by atoms with van der Waals surface area (Å²) in [6, 6.07) is 5.49. The molecule has 102 valence electrons. The molecule has 2 aromatic rings. The second-order valence-corrected chi connectivity index (χ2v) is 3.70. The molecule has 0 radical (unpaired) electrons. The van der Waals surface area contributed by atoms with Crippen LogP contribution >= 0.6 is 0 Å². The summed E-state index contributed by atoms with van der Waals surface area (Å²) in [7, 11) is 0. The molecule has 0 amide bonds. The van der Waals surface area contributed by atoms with E-state index in [2.05, 4.69) is 15.3 Å². The van der Waals surface area contributed by atoms with E-state index in [0.29, 0.717) is 6.54 Å². The van der Waals surface area contributed by atoms with Gasteiger partial charge in [0.05, 0.1) is 6.20 Å². The maximum Gasteiger partial charge on any atom is 0.260 e. The highest BCUT2D eigenvalue weighted by molar-refractivity contribution is 5.45. The van der Waals surface area contributed by atoms with Gasteiger partial charge in [-0.05, 0) is 19.1 Å². The number of nitriles is 1. The first-order valence-electron chi connectivity index (χ1n) is 5.78. The van der Waals surface area contributed by atoms with Gasteiger partial charge in [0, 0.05) is 6.54 Å². The lowest BCUT2D eigenvalue weighted by atomic mass is 10.2. The Morgan fingerprint density at radius 1 is 1.35 bits per heavy atom. The summed E-state index contributed by atoms with van der Waals surface area (Å²) in [6.45, 7) is 2.38. The number of aromatic nitrogens is 2. The smallest absolute Gasteiger partial charge is 0.260 e. The van der Waals surface area contributed by atoms with Crippen LogP contribution in [0.2, 0.25) is 0 Å². The minimum absolute atomic E-state index is 0.104. The molecule has 0 atom stereocenters. The summed E-state index contributed by atoms with van der Waals surface area (Å²) in [5.41, 5.74) is -0.310. The maximum atomic E-state index is 13.6. The van der Waals surface area contributed by atoms with Crippen LogP contribution in [0.5, 0.6) is 11.6 Å². The van der Waals surface area contributed by atoms with Crippen LogP contribution in [-0.2, 0) is 0 Å². The number of ether oxygens (including phenoxy) is 1. The number of rotatable bonds is 4. The molecule has 0 aliphatic rings. The second-order valence-electron chi connectivity index (χ2n) is 3.70. The molecule has 0 aliphatic heterocycles. The number of hydrogen-bond acceptors (Lipinski definition) is 5. The van der Waals surface area contributed by atoms with Crippen LogP contribution in [0.3, 0.4) is 0 Å². The number of hydrogen-bond donors (Lipinski definition) is 1. The van der Waals surface area contributed by atoms with Gasteiger partial charge in [-0.3, -0.25) is 0 Å². The van der Waals surface area contributed by atoms with Crippen LogP contribution in [0.1, 0.15) is 12.5 Å². The Morgan fingerprint density at radius 3 is 2.85 bits per heavy atom. The topological polar surface area (TPSA) is 70.8 Å². The van der Waals surface area contributed by atoms with E-state index in [1.54, 1.807) is 6.07 Å². The van der Waals surface area contributed by atoms with Crippen molar-refractivity contribution < 1.29 is 13.5 Å². The number of anilines is 1. The predicted octanol–water partition coefficient (Wildman–Crippen LogP) is 2.85. The quantitative estimate of drug-likeness (QED) is 0.929. The van der Waals surface area contributed by atoms with Gasteiger partial charge in [-0.15, -0.1) is 0 Å². The normalized spacial score (nSPS) is 9.90. The molecule has 0 bridgehead atoms. The fourth-order valence-electron chi connectivity index (χ4n) is 1.47. The van der Waals surface area contributed by atoms with Crippen molar-refractivity contribution in [3.63, 3.8) is 0 Å². The second kappa shape index (κ2) is 5.93. The Labute approximate surface area is 113 Å². The fraction of sp³-hybridized carbons (Fsp3) is 0.154. The molecule has 1 aromatic carbocycles. The largest absolute Gasteiger partial charge is 0.435 e. The Balaban J connectivity index is 2.37. The molecule has 7 heteroatoms. The molecule has 5 nitrogen and oxygen atoms in total. The van der Waals surface area contributed by atoms with E-state index >= 15 is 0 Å². The van der Waals surface area contributed by atoms with Gasteiger partial charge in [0.15, 0.2) is 0 Å². The minimum Gasteiger partial charge on any atom is -0.435 e. The summed E-state index contributed by atoms with van der Waals surface area (Å²) >= 11 is 0. The van der Waals surface area contributed by atoms with Crippen LogP contribution in [0.25, 0.3) is 0 Å². The van der Waals surface area contributed by atoms with Crippen molar-refractivity contribution in [2.24, 2.45) is 0 Å². The molecule has 2 rings (SSSR count). The first kappa shape index (κ1) is 13.7. The minimum atomic E-state index is -0.806. The fourth-order valence-corrected chi connectivity index (χ4v) is 1.47. The van der Waals surface area contributed by atoms with Crippen LogP contribution in [0.15, 0.2) is 24.4 Å². The number of nitrogens with one attached hydrogen (secondary N) is 1. The van der Waals surface area contributed by atoms with Gasteiger partial charge in [0.25, 0.3) is 5.88 Å². The molecule has 0 saturated carbocycles. The lowest BCUT2D eigenvalue weighted by molar-refractivity contribution is 0.416. The summed E-state index contributed by atoms with van der Waals surface area (Å²) in [6.07, 6.45) is 0.936. The predicted molar refractivity (Wildman–Crippen MR) is 67.3 cm³/mol. The van der Waals surface area contributed by atoms with Gasteiger partial charge in [0.1, 0.15) is 23.2 Å². The van der Waals surface area contributed by atoms with Crippen molar-refractivity contribution in [3.8, 4) is 17.7 Å². The van der Waals surface area contributed by atoms with Gasteiger partial charge < -0.3 is 10.1 Å². The van der Waals surface area contributed by atoms with Crippen molar-refractivity contribution in [1.82, 2.24) is 9.97 Å². The van der Waals surface area contributed by atoms with Gasteiger partial charge in [-0.1, -0.05) is 6.07 Å². The van der Waals surface area contributed by atoms with Crippen molar-refractivity contribution in [3.05, 3.63) is 41.6 Å². The molecule has 1 N–H and O–H groups in total. The first-order chi connectivity index (χ1) is 9.65. The van der Waals surface area contributed by atoms with E-state index in [-0.39, 0.29) is 23.1 Å². The van der Waals surface area contributed by atoms with Crippen molar-refractivity contribution in [1.29, 1.82) is 5.26 Å². The van der Waals surface area contributed by atoms with E-state index in [9.17, 15) is 8.78 Å². The van der Waals surface area contributed by atoms with Crippen molar-refractivity contribution >= 4 is 5.95 Å². The van der Waals surface area contributed by atoms with E-state index in [0.717, 1.165) is 12.3 Å². The Morgan fingerprint density at radius 2 is 2.15 bits per heavy atom. The number of nitrogens with zero attached hydrogens (tertiary/aromatic N) is 3. The third-order valence-corrected chi connectivity index (χ3v) is 2.34. The van der Waals surface area contributed by atoms with E-state index in [4.69, 9.17) is 10.00 Å². The van der Waals surface area contributed by atoms with E-state index in [1.807, 2.05) is 6.92 Å². The Kier molecular flexibility index (Phi) is 4.05. The Hall–Kier alpha value is -2.75. The highest BCUT2D eigenvalue weighted by Gasteiger charge is 2.14. The van der Waals surface area contributed by atoms with Gasteiger partial charge in [-0.2, -0.15) is 14.6 Å². The molecule has 0 unspecified atom stereocenters.